The highest BCUT2D eigenvalue weighted by molar-refractivity contribution is 5.87. The molecule has 7 rings (SSSR count). The zero-order valence-corrected chi connectivity index (χ0v) is 27.8. The molecule has 252 valence electrons. The van der Waals surface area contributed by atoms with Gasteiger partial charge in [-0.1, -0.05) is 37.3 Å². The van der Waals surface area contributed by atoms with E-state index in [1.807, 2.05) is 30.3 Å². The van der Waals surface area contributed by atoms with Crippen LogP contribution in [0.3, 0.4) is 0 Å². The maximum Gasteiger partial charge on any atom is 0.331 e. The molecule has 5 aliphatic carbocycles. The number of nitrogens with zero attached hydrogens (tertiary/aromatic N) is 1. The first kappa shape index (κ1) is 32.2. The van der Waals surface area contributed by atoms with Crippen LogP contribution >= 0.6 is 0 Å². The van der Waals surface area contributed by atoms with E-state index in [1.165, 1.54) is 13.0 Å². The maximum atomic E-state index is 14.1. The van der Waals surface area contributed by atoms with E-state index in [9.17, 15) is 14.7 Å². The molecule has 1 saturated heterocycles. The van der Waals surface area contributed by atoms with Crippen molar-refractivity contribution in [3.63, 3.8) is 0 Å². The fourth-order valence-electron chi connectivity index (χ4n) is 12.3. The Labute approximate surface area is 271 Å². The molecule has 7 bridgehead atoms. The third-order valence-corrected chi connectivity index (χ3v) is 13.2. The van der Waals surface area contributed by atoms with Crippen molar-refractivity contribution in [1.82, 2.24) is 4.90 Å². The average molecular weight is 640 g/mol. The van der Waals surface area contributed by atoms with Crippen LogP contribution in [0.1, 0.15) is 38.7 Å². The van der Waals surface area contributed by atoms with Crippen molar-refractivity contribution >= 4 is 18.0 Å². The average Bonchev–Trinajstić information content (AvgIpc) is 3.46. The van der Waals surface area contributed by atoms with Gasteiger partial charge in [0.1, 0.15) is 11.7 Å². The first-order valence-corrected chi connectivity index (χ1v) is 16.8. The van der Waals surface area contributed by atoms with Gasteiger partial charge >= 0.3 is 11.9 Å². The SMILES string of the molecule is CCN1C[C@]2(COC)[C@H](O)C[C@H](OC)[C@@]34[C@@H]5C[C@H]6[C@H](OC(C)=O)[C@@H]5[C@@](OC(=O)/C=C/c5ccccc5)(C[C@@H]6OC)[C@@H]([C@@H](OC)[C@H]23)[C@@H]14. The predicted octanol–water partition coefficient (Wildman–Crippen LogP) is 2.96. The molecular weight excluding hydrogens is 590 g/mol. The summed E-state index contributed by atoms with van der Waals surface area (Å²) in [6.45, 7) is 5.35. The van der Waals surface area contributed by atoms with Crippen LogP contribution in [-0.4, -0.2) is 112 Å². The van der Waals surface area contributed by atoms with E-state index >= 15 is 0 Å². The van der Waals surface area contributed by atoms with Gasteiger partial charge in [0.2, 0.25) is 0 Å². The van der Waals surface area contributed by atoms with E-state index < -0.39 is 34.6 Å². The van der Waals surface area contributed by atoms with E-state index in [1.54, 1.807) is 34.5 Å². The molecule has 1 heterocycles. The lowest BCUT2D eigenvalue weighted by atomic mass is 9.42. The number of likely N-dealkylation sites (tertiary alicyclic amines) is 1. The van der Waals surface area contributed by atoms with Crippen LogP contribution in [-0.2, 0) is 38.0 Å². The number of aliphatic hydroxyl groups excluding tert-OH is 1. The predicted molar refractivity (Wildman–Crippen MR) is 167 cm³/mol. The lowest BCUT2D eigenvalue weighted by Crippen LogP contribution is -2.79. The van der Waals surface area contributed by atoms with Gasteiger partial charge in [-0.2, -0.15) is 0 Å². The zero-order chi connectivity index (χ0) is 32.6. The van der Waals surface area contributed by atoms with Gasteiger partial charge in [0.25, 0.3) is 0 Å². The van der Waals surface area contributed by atoms with Gasteiger partial charge < -0.3 is 33.5 Å². The number of piperidine rings is 1. The van der Waals surface area contributed by atoms with Crippen molar-refractivity contribution in [1.29, 1.82) is 0 Å². The number of fused-ring (bicyclic) bond motifs is 2. The summed E-state index contributed by atoms with van der Waals surface area (Å²) in [5.74, 6) is -1.66. The van der Waals surface area contributed by atoms with Crippen LogP contribution in [0.15, 0.2) is 36.4 Å². The van der Waals surface area contributed by atoms with Crippen LogP contribution in [0, 0.1) is 40.4 Å². The lowest BCUT2D eigenvalue weighted by molar-refractivity contribution is -0.297. The fraction of sp³-hybridized carbons (Fsp3) is 0.722. The summed E-state index contributed by atoms with van der Waals surface area (Å²) in [6, 6.07) is 9.61. The summed E-state index contributed by atoms with van der Waals surface area (Å²) in [4.78, 5) is 29.3. The molecule has 46 heavy (non-hydrogen) atoms. The largest absolute Gasteiger partial charge is 0.462 e. The molecule has 10 heteroatoms. The summed E-state index contributed by atoms with van der Waals surface area (Å²) in [7, 11) is 6.88. The number of carbonyl (C=O) groups is 2. The Morgan fingerprint density at radius 2 is 1.78 bits per heavy atom. The number of esters is 2. The van der Waals surface area contributed by atoms with Crippen LogP contribution in [0.25, 0.3) is 6.08 Å². The minimum atomic E-state index is -1.07. The standard InChI is InChI=1S/C36H49NO9/c1-7-37-18-34(19-41-3)25(39)16-26(43-5)36-23-15-22-24(42-4)17-35(28(23)30(22)45-20(2)38,29(33(36)37)31(44-6)32(34)36)46-27(40)14-13-21-11-9-8-10-12-21/h8-14,22-26,28-33,39H,7,15-19H2,1-6H3/b14-13+/t22-,23-,24+,25-,26+,28-,29+,30+,31-,32-,33-,34+,35+,36+/m1/s1. The van der Waals surface area contributed by atoms with Crippen molar-refractivity contribution in [2.24, 2.45) is 40.4 Å². The van der Waals surface area contributed by atoms with Crippen molar-refractivity contribution in [3.8, 4) is 0 Å². The molecule has 0 amide bonds. The number of ether oxygens (including phenoxy) is 6. The van der Waals surface area contributed by atoms with Gasteiger partial charge in [-0.15, -0.1) is 0 Å². The summed E-state index contributed by atoms with van der Waals surface area (Å²) in [6.07, 6.45) is 2.81. The molecular formula is C36H49NO9. The normalized spacial score (nSPS) is 46.8. The molecule has 10 nitrogen and oxygen atoms in total. The third-order valence-electron chi connectivity index (χ3n) is 13.2. The topological polar surface area (TPSA) is 113 Å². The molecule has 1 aromatic rings. The first-order chi connectivity index (χ1) is 22.2. The smallest absolute Gasteiger partial charge is 0.331 e. The Morgan fingerprint density at radius 3 is 2.41 bits per heavy atom. The molecule has 6 fully saturated rings. The molecule has 1 aromatic carbocycles. The van der Waals surface area contributed by atoms with Crippen LogP contribution < -0.4 is 0 Å². The molecule has 0 unspecified atom stereocenters. The molecule has 6 aliphatic rings. The van der Waals surface area contributed by atoms with Crippen molar-refractivity contribution in [3.05, 3.63) is 42.0 Å². The lowest BCUT2D eigenvalue weighted by Gasteiger charge is -2.70. The number of rotatable bonds is 10. The number of aliphatic hydroxyl groups is 1. The molecule has 0 aromatic heterocycles. The Balaban J connectivity index is 1.46. The molecule has 1 N–H and O–H groups in total. The second-order valence-corrected chi connectivity index (χ2v) is 14.6. The van der Waals surface area contributed by atoms with Gasteiger partial charge in [-0.25, -0.2) is 4.79 Å². The number of hydrogen-bond donors (Lipinski definition) is 1. The molecule has 1 aliphatic heterocycles. The summed E-state index contributed by atoms with van der Waals surface area (Å²) in [5.41, 5.74) is -1.27. The van der Waals surface area contributed by atoms with E-state index in [2.05, 4.69) is 11.8 Å². The van der Waals surface area contributed by atoms with E-state index in [4.69, 9.17) is 28.4 Å². The highest BCUT2D eigenvalue weighted by atomic mass is 16.6. The maximum absolute atomic E-state index is 14.1. The second-order valence-electron chi connectivity index (χ2n) is 14.6. The molecule has 5 saturated carbocycles. The Kier molecular flexibility index (Phi) is 8.17. The van der Waals surface area contributed by atoms with Crippen LogP contribution in [0.5, 0.6) is 0 Å². The minimum absolute atomic E-state index is 0.0534. The third kappa shape index (κ3) is 4.10. The second kappa shape index (κ2) is 11.7. The first-order valence-electron chi connectivity index (χ1n) is 16.8. The molecule has 0 radical (unpaired) electrons. The van der Waals surface area contributed by atoms with Gasteiger partial charge in [-0.3, -0.25) is 9.69 Å². The van der Waals surface area contributed by atoms with Crippen molar-refractivity contribution in [2.45, 2.75) is 75.3 Å². The highest BCUT2D eigenvalue weighted by Gasteiger charge is 2.89. The van der Waals surface area contributed by atoms with Crippen LogP contribution in [0.4, 0.5) is 0 Å². The quantitative estimate of drug-likeness (QED) is 0.303. The zero-order valence-electron chi connectivity index (χ0n) is 27.8. The molecule has 1 spiro atoms. The van der Waals surface area contributed by atoms with Gasteiger partial charge in [0, 0.05) is 101 Å². The Hall–Kier alpha value is -2.34. The number of hydrogen-bond acceptors (Lipinski definition) is 10. The number of benzene rings is 1. The van der Waals surface area contributed by atoms with Crippen molar-refractivity contribution in [2.75, 3.05) is 48.1 Å². The van der Waals surface area contributed by atoms with Gasteiger partial charge in [0.05, 0.1) is 31.0 Å². The number of methoxy groups -OCH3 is 4. The van der Waals surface area contributed by atoms with E-state index in [0.29, 0.717) is 26.0 Å². The van der Waals surface area contributed by atoms with Gasteiger partial charge in [-0.05, 0) is 30.5 Å². The number of carbonyl (C=O) groups excluding carboxylic acids is 2. The summed E-state index contributed by atoms with van der Waals surface area (Å²) in [5, 5.41) is 12.1. The van der Waals surface area contributed by atoms with Crippen LogP contribution in [0.2, 0.25) is 0 Å². The Bertz CT molecular complexity index is 1360. The van der Waals surface area contributed by atoms with E-state index in [-0.39, 0.29) is 59.9 Å². The monoisotopic (exact) mass is 639 g/mol. The van der Waals surface area contributed by atoms with Gasteiger partial charge in [0.15, 0.2) is 0 Å². The van der Waals surface area contributed by atoms with Crippen molar-refractivity contribution < 1.29 is 43.1 Å². The summed E-state index contributed by atoms with van der Waals surface area (Å²) >= 11 is 0. The minimum Gasteiger partial charge on any atom is -0.462 e. The van der Waals surface area contributed by atoms with E-state index in [0.717, 1.165) is 18.5 Å². The highest BCUT2D eigenvalue weighted by Crippen LogP contribution is 2.80. The molecule has 14 atom stereocenters. The summed E-state index contributed by atoms with van der Waals surface area (Å²) < 4.78 is 38.4. The Morgan fingerprint density at radius 1 is 1.02 bits per heavy atom. The fourth-order valence-corrected chi connectivity index (χ4v) is 12.3.